The molecule has 0 aliphatic carbocycles. The highest BCUT2D eigenvalue weighted by atomic mass is 16.5. The van der Waals surface area contributed by atoms with Gasteiger partial charge in [-0.1, -0.05) is 33.6 Å². The summed E-state index contributed by atoms with van der Waals surface area (Å²) >= 11 is 0. The van der Waals surface area contributed by atoms with Crippen molar-refractivity contribution in [3.05, 3.63) is 0 Å². The van der Waals surface area contributed by atoms with Crippen molar-refractivity contribution in [3.63, 3.8) is 0 Å². The zero-order chi connectivity index (χ0) is 15.2. The molecule has 0 rings (SSSR count). The lowest BCUT2D eigenvalue weighted by Crippen LogP contribution is -2.27. The van der Waals surface area contributed by atoms with Gasteiger partial charge in [0.2, 0.25) is 5.91 Å². The number of nitrogens with two attached hydrogens (primary N) is 1. The molecule has 1 amide bonds. The molecule has 1 unspecified atom stereocenters. The van der Waals surface area contributed by atoms with Gasteiger partial charge in [0.05, 0.1) is 6.61 Å². The van der Waals surface area contributed by atoms with Gasteiger partial charge in [-0.25, -0.2) is 0 Å². The fourth-order valence-corrected chi connectivity index (χ4v) is 2.18. The van der Waals surface area contributed by atoms with Crippen LogP contribution in [0.1, 0.15) is 59.3 Å². The summed E-state index contributed by atoms with van der Waals surface area (Å²) in [5.41, 5.74) is 5.60. The van der Waals surface area contributed by atoms with Gasteiger partial charge in [-0.2, -0.15) is 0 Å². The summed E-state index contributed by atoms with van der Waals surface area (Å²) in [7, 11) is 0. The van der Waals surface area contributed by atoms with Crippen molar-refractivity contribution >= 4 is 5.91 Å². The average Bonchev–Trinajstić information content (AvgIpc) is 2.40. The first-order valence-electron chi connectivity index (χ1n) is 8.14. The molecule has 0 saturated carbocycles. The third-order valence-electron chi connectivity index (χ3n) is 3.46. The maximum absolute atomic E-state index is 11.7. The van der Waals surface area contributed by atoms with Gasteiger partial charge < -0.3 is 15.8 Å². The van der Waals surface area contributed by atoms with Crippen molar-refractivity contribution in [1.29, 1.82) is 0 Å². The van der Waals surface area contributed by atoms with Crippen molar-refractivity contribution in [2.24, 2.45) is 17.6 Å². The number of rotatable bonds is 13. The van der Waals surface area contributed by atoms with Crippen LogP contribution >= 0.6 is 0 Å². The summed E-state index contributed by atoms with van der Waals surface area (Å²) in [5, 5.41) is 2.92. The maximum atomic E-state index is 11.7. The molecule has 3 N–H and O–H groups in total. The number of ether oxygens (including phenoxy) is 1. The van der Waals surface area contributed by atoms with Crippen LogP contribution in [0.4, 0.5) is 0 Å². The highest BCUT2D eigenvalue weighted by molar-refractivity contribution is 5.75. The zero-order valence-electron chi connectivity index (χ0n) is 13.6. The van der Waals surface area contributed by atoms with E-state index in [2.05, 4.69) is 26.1 Å². The Labute approximate surface area is 124 Å². The molecule has 4 nitrogen and oxygen atoms in total. The van der Waals surface area contributed by atoms with Crippen LogP contribution in [0, 0.1) is 11.8 Å². The van der Waals surface area contributed by atoms with Crippen LogP contribution in [0.2, 0.25) is 0 Å². The highest BCUT2D eigenvalue weighted by Gasteiger charge is 2.09. The zero-order valence-corrected chi connectivity index (χ0v) is 13.6. The topological polar surface area (TPSA) is 64.4 Å². The number of nitrogens with one attached hydrogen (secondary N) is 1. The molecule has 0 radical (unpaired) electrons. The third-order valence-corrected chi connectivity index (χ3v) is 3.46. The first-order valence-corrected chi connectivity index (χ1v) is 8.14. The lowest BCUT2D eigenvalue weighted by molar-refractivity contribution is -0.121. The number of carbonyl (C=O) groups excluding carboxylic acids is 1. The van der Waals surface area contributed by atoms with E-state index in [4.69, 9.17) is 10.5 Å². The minimum atomic E-state index is 0.135. The molecule has 0 aromatic heterocycles. The first-order chi connectivity index (χ1) is 9.60. The molecule has 1 atom stereocenters. The second kappa shape index (κ2) is 13.4. The Hall–Kier alpha value is -0.610. The summed E-state index contributed by atoms with van der Waals surface area (Å²) in [6.45, 7) is 9.26. The normalized spacial score (nSPS) is 12.7. The van der Waals surface area contributed by atoms with E-state index < -0.39 is 0 Å². The molecule has 0 saturated heterocycles. The molecule has 0 heterocycles. The van der Waals surface area contributed by atoms with E-state index in [0.29, 0.717) is 31.4 Å². The summed E-state index contributed by atoms with van der Waals surface area (Å²) in [4.78, 5) is 11.7. The van der Waals surface area contributed by atoms with E-state index in [0.717, 1.165) is 38.8 Å². The van der Waals surface area contributed by atoms with Crippen LogP contribution < -0.4 is 11.1 Å². The first kappa shape index (κ1) is 19.4. The lowest BCUT2D eigenvalue weighted by atomic mass is 9.94. The largest absolute Gasteiger partial charge is 0.380 e. The fraction of sp³-hybridized carbons (Fsp3) is 0.938. The van der Waals surface area contributed by atoms with Crippen LogP contribution in [-0.2, 0) is 9.53 Å². The monoisotopic (exact) mass is 286 g/mol. The second-order valence-corrected chi connectivity index (χ2v) is 5.92. The van der Waals surface area contributed by atoms with Gasteiger partial charge in [-0.3, -0.25) is 4.79 Å². The van der Waals surface area contributed by atoms with Gasteiger partial charge in [0.1, 0.15) is 0 Å². The molecule has 0 spiro atoms. The van der Waals surface area contributed by atoms with Gasteiger partial charge in [0, 0.05) is 19.6 Å². The van der Waals surface area contributed by atoms with E-state index in [-0.39, 0.29) is 5.91 Å². The predicted octanol–water partition coefficient (Wildman–Crippen LogP) is 2.71. The summed E-state index contributed by atoms with van der Waals surface area (Å²) in [6, 6.07) is 0. The van der Waals surface area contributed by atoms with E-state index in [1.54, 1.807) is 0 Å². The SMILES string of the molecule is CCCC(CCN)CCC(=O)NCCOCCC(C)C. The van der Waals surface area contributed by atoms with E-state index in [9.17, 15) is 4.79 Å². The Balaban J connectivity index is 3.52. The van der Waals surface area contributed by atoms with Crippen LogP contribution in [0.25, 0.3) is 0 Å². The van der Waals surface area contributed by atoms with Crippen molar-refractivity contribution in [1.82, 2.24) is 5.32 Å². The molecule has 0 bridgehead atoms. The highest BCUT2D eigenvalue weighted by Crippen LogP contribution is 2.16. The predicted molar refractivity (Wildman–Crippen MR) is 84.6 cm³/mol. The van der Waals surface area contributed by atoms with Gasteiger partial charge in [0.25, 0.3) is 0 Å². The van der Waals surface area contributed by atoms with Gasteiger partial charge in [0.15, 0.2) is 0 Å². The summed E-state index contributed by atoms with van der Waals surface area (Å²) < 4.78 is 5.47. The number of amides is 1. The molecule has 0 aliphatic rings. The molecular weight excluding hydrogens is 252 g/mol. The van der Waals surface area contributed by atoms with Crippen molar-refractivity contribution < 1.29 is 9.53 Å². The number of carbonyl (C=O) groups is 1. The molecule has 4 heteroatoms. The van der Waals surface area contributed by atoms with Gasteiger partial charge in [-0.05, 0) is 37.6 Å². The Morgan fingerprint density at radius 2 is 1.90 bits per heavy atom. The molecule has 20 heavy (non-hydrogen) atoms. The molecule has 0 aliphatic heterocycles. The number of hydrogen-bond donors (Lipinski definition) is 2. The third kappa shape index (κ3) is 12.4. The summed E-state index contributed by atoms with van der Waals surface area (Å²) in [5.74, 6) is 1.40. The lowest BCUT2D eigenvalue weighted by Gasteiger charge is -2.14. The van der Waals surface area contributed by atoms with Crippen molar-refractivity contribution in [3.8, 4) is 0 Å². The quantitative estimate of drug-likeness (QED) is 0.512. The Bertz CT molecular complexity index is 227. The van der Waals surface area contributed by atoms with Gasteiger partial charge in [-0.15, -0.1) is 0 Å². The van der Waals surface area contributed by atoms with Gasteiger partial charge >= 0.3 is 0 Å². The van der Waals surface area contributed by atoms with Crippen molar-refractivity contribution in [2.75, 3.05) is 26.3 Å². The average molecular weight is 286 g/mol. The number of hydrogen-bond acceptors (Lipinski definition) is 3. The Morgan fingerprint density at radius 3 is 2.50 bits per heavy atom. The molecular formula is C16H34N2O2. The fourth-order valence-electron chi connectivity index (χ4n) is 2.18. The maximum Gasteiger partial charge on any atom is 0.220 e. The van der Waals surface area contributed by atoms with E-state index >= 15 is 0 Å². The molecule has 0 aromatic carbocycles. The minimum absolute atomic E-state index is 0.135. The van der Waals surface area contributed by atoms with E-state index in [1.807, 2.05) is 0 Å². The van der Waals surface area contributed by atoms with E-state index in [1.165, 1.54) is 6.42 Å². The minimum Gasteiger partial charge on any atom is -0.380 e. The Morgan fingerprint density at radius 1 is 1.15 bits per heavy atom. The van der Waals surface area contributed by atoms with Crippen LogP contribution in [0.3, 0.4) is 0 Å². The smallest absolute Gasteiger partial charge is 0.220 e. The summed E-state index contributed by atoms with van der Waals surface area (Å²) in [6.07, 6.45) is 5.99. The Kier molecular flexibility index (Phi) is 13.0. The van der Waals surface area contributed by atoms with Crippen molar-refractivity contribution in [2.45, 2.75) is 59.3 Å². The van der Waals surface area contributed by atoms with Crippen LogP contribution in [0.5, 0.6) is 0 Å². The second-order valence-electron chi connectivity index (χ2n) is 5.92. The molecule has 0 aromatic rings. The molecule has 0 fully saturated rings. The standard InChI is InChI=1S/C16H34N2O2/c1-4-5-15(8-10-17)6-7-16(19)18-11-13-20-12-9-14(2)3/h14-15H,4-13,17H2,1-3H3,(H,18,19). The van der Waals surface area contributed by atoms with Crippen LogP contribution in [0.15, 0.2) is 0 Å². The van der Waals surface area contributed by atoms with Crippen LogP contribution in [-0.4, -0.2) is 32.2 Å². The molecule has 120 valence electrons.